The molecule has 2 aromatic carbocycles. The molecule has 2 atom stereocenters. The first-order chi connectivity index (χ1) is 17.3. The predicted molar refractivity (Wildman–Crippen MR) is 133 cm³/mol. The van der Waals surface area contributed by atoms with Crippen molar-refractivity contribution in [3.8, 4) is 16.9 Å². The van der Waals surface area contributed by atoms with Crippen LogP contribution in [0.25, 0.3) is 22.0 Å². The Morgan fingerprint density at radius 3 is 2.58 bits per heavy atom. The number of hydrogen-bond donors (Lipinski definition) is 3. The van der Waals surface area contributed by atoms with E-state index in [4.69, 9.17) is 4.74 Å². The van der Waals surface area contributed by atoms with Gasteiger partial charge >= 0.3 is 6.18 Å². The van der Waals surface area contributed by atoms with E-state index in [1.165, 1.54) is 6.07 Å². The molecule has 1 aliphatic heterocycles. The minimum atomic E-state index is -4.42. The molecule has 36 heavy (non-hydrogen) atoms. The fourth-order valence-electron chi connectivity index (χ4n) is 4.20. The lowest BCUT2D eigenvalue weighted by Gasteiger charge is -2.35. The van der Waals surface area contributed by atoms with Crippen LogP contribution in [0.4, 0.5) is 19.0 Å². The number of aromatic nitrogens is 3. The van der Waals surface area contributed by atoms with Crippen molar-refractivity contribution >= 4 is 28.7 Å². The first-order valence-electron chi connectivity index (χ1n) is 11.3. The van der Waals surface area contributed by atoms with Crippen LogP contribution in [0.1, 0.15) is 12.0 Å². The minimum Gasteiger partial charge on any atom is -0.494 e. The maximum Gasteiger partial charge on any atom is 0.417 e. The molecule has 5 rings (SSSR count). The lowest BCUT2D eigenvalue weighted by atomic mass is 10.0. The maximum atomic E-state index is 12.7. The number of aromatic amines is 1. The lowest BCUT2D eigenvalue weighted by Crippen LogP contribution is -2.47. The monoisotopic (exact) mass is 515 g/mol. The molecule has 11 heteroatoms. The van der Waals surface area contributed by atoms with E-state index in [0.717, 1.165) is 44.9 Å². The summed E-state index contributed by atoms with van der Waals surface area (Å²) in [6.07, 6.45) is -1.93. The summed E-state index contributed by atoms with van der Waals surface area (Å²) >= 11 is 1.56. The molecule has 3 N–H and O–H groups in total. The highest BCUT2D eigenvalue weighted by molar-refractivity contribution is 7.97. The molecule has 0 radical (unpaired) electrons. The van der Waals surface area contributed by atoms with Gasteiger partial charge < -0.3 is 15.2 Å². The summed E-state index contributed by atoms with van der Waals surface area (Å²) in [5.74, 6) is 1.05. The quantitative estimate of drug-likeness (QED) is 0.304. The van der Waals surface area contributed by atoms with Crippen molar-refractivity contribution < 1.29 is 23.0 Å². The molecule has 0 amide bonds. The van der Waals surface area contributed by atoms with Crippen LogP contribution in [0, 0.1) is 0 Å². The van der Waals surface area contributed by atoms with E-state index in [-0.39, 0.29) is 6.04 Å². The smallest absolute Gasteiger partial charge is 0.417 e. The van der Waals surface area contributed by atoms with E-state index in [9.17, 15) is 18.3 Å². The molecule has 2 unspecified atom stereocenters. The van der Waals surface area contributed by atoms with Crippen molar-refractivity contribution in [3.63, 3.8) is 0 Å². The number of H-pyrrole nitrogens is 1. The summed E-state index contributed by atoms with van der Waals surface area (Å²) in [4.78, 5) is 4.88. The Bertz CT molecular complexity index is 1330. The average Bonchev–Trinajstić information content (AvgIpc) is 3.34. The van der Waals surface area contributed by atoms with Gasteiger partial charge in [0.25, 0.3) is 0 Å². The number of benzene rings is 2. The Kier molecular flexibility index (Phi) is 6.78. The summed E-state index contributed by atoms with van der Waals surface area (Å²) in [6.45, 7) is 1.12. The molecule has 3 heterocycles. The van der Waals surface area contributed by atoms with Crippen molar-refractivity contribution in [1.82, 2.24) is 19.5 Å². The number of anilines is 1. The van der Waals surface area contributed by atoms with Gasteiger partial charge in [0.15, 0.2) is 0 Å². The Morgan fingerprint density at radius 2 is 1.92 bits per heavy atom. The molecule has 0 saturated carbocycles. The van der Waals surface area contributed by atoms with Crippen LogP contribution in [0.3, 0.4) is 0 Å². The second-order valence-corrected chi connectivity index (χ2v) is 9.72. The van der Waals surface area contributed by atoms with Gasteiger partial charge in [0.05, 0.1) is 31.0 Å². The van der Waals surface area contributed by atoms with Crippen LogP contribution >= 0.6 is 11.9 Å². The zero-order valence-corrected chi connectivity index (χ0v) is 20.1. The Morgan fingerprint density at radius 1 is 1.11 bits per heavy atom. The van der Waals surface area contributed by atoms with E-state index in [2.05, 4.69) is 30.9 Å². The number of pyridine rings is 1. The SMILES string of the molecule is COc1cc(-c2ccc(SN3CCC(Nc4ccc(C(F)(F)F)cn4)C(O)C3)cc2)cc2cn[nH]c12. The normalized spacial score (nSPS) is 18.9. The summed E-state index contributed by atoms with van der Waals surface area (Å²) in [5.41, 5.74) is 2.13. The number of piperidine rings is 1. The van der Waals surface area contributed by atoms with E-state index in [1.807, 2.05) is 30.3 Å². The Labute approximate surface area is 209 Å². The molecule has 4 aromatic rings. The van der Waals surface area contributed by atoms with Crippen LogP contribution < -0.4 is 10.1 Å². The number of aliphatic hydroxyl groups excluding tert-OH is 1. The van der Waals surface area contributed by atoms with E-state index < -0.39 is 17.8 Å². The van der Waals surface area contributed by atoms with Crippen molar-refractivity contribution in [2.45, 2.75) is 29.6 Å². The van der Waals surface area contributed by atoms with Crippen molar-refractivity contribution in [3.05, 3.63) is 66.5 Å². The molecule has 2 aromatic heterocycles. The molecule has 0 spiro atoms. The number of ether oxygens (including phenoxy) is 1. The van der Waals surface area contributed by atoms with Crippen LogP contribution in [0.2, 0.25) is 0 Å². The third kappa shape index (κ3) is 5.28. The zero-order valence-electron chi connectivity index (χ0n) is 19.3. The average molecular weight is 516 g/mol. The number of methoxy groups -OCH3 is 1. The number of nitrogens with one attached hydrogen (secondary N) is 2. The van der Waals surface area contributed by atoms with Gasteiger partial charge in [0.1, 0.15) is 17.1 Å². The van der Waals surface area contributed by atoms with Crippen LogP contribution in [-0.2, 0) is 6.18 Å². The molecule has 7 nitrogen and oxygen atoms in total. The fourth-order valence-corrected chi connectivity index (χ4v) is 5.18. The fraction of sp³-hybridized carbons (Fsp3) is 0.280. The largest absolute Gasteiger partial charge is 0.494 e. The molecule has 188 valence electrons. The highest BCUT2D eigenvalue weighted by Gasteiger charge is 2.31. The van der Waals surface area contributed by atoms with E-state index in [1.54, 1.807) is 25.3 Å². The molecule has 1 aliphatic rings. The van der Waals surface area contributed by atoms with Gasteiger partial charge in [-0.15, -0.1) is 0 Å². The van der Waals surface area contributed by atoms with Gasteiger partial charge in [-0.1, -0.05) is 12.1 Å². The molecule has 1 saturated heterocycles. The number of hydrogen-bond acceptors (Lipinski definition) is 7. The van der Waals surface area contributed by atoms with Crippen LogP contribution in [-0.4, -0.2) is 56.9 Å². The van der Waals surface area contributed by atoms with Crippen molar-refractivity contribution in [2.24, 2.45) is 0 Å². The number of nitrogens with zero attached hydrogens (tertiary/aromatic N) is 3. The molecule has 0 aliphatic carbocycles. The second-order valence-electron chi connectivity index (χ2n) is 8.55. The number of halogens is 3. The number of β-amino-alcohol motifs (C(OH)–C–C–N with tert-alkyl or cyclic N) is 1. The van der Waals surface area contributed by atoms with Crippen molar-refractivity contribution in [2.75, 3.05) is 25.5 Å². The van der Waals surface area contributed by atoms with Gasteiger partial charge in [-0.25, -0.2) is 9.29 Å². The van der Waals surface area contributed by atoms with Crippen molar-refractivity contribution in [1.29, 1.82) is 0 Å². The third-order valence-electron chi connectivity index (χ3n) is 6.12. The number of aliphatic hydroxyl groups is 1. The van der Waals surface area contributed by atoms with Gasteiger partial charge in [-0.05, 0) is 65.9 Å². The highest BCUT2D eigenvalue weighted by Crippen LogP contribution is 2.34. The molecule has 0 bridgehead atoms. The van der Waals surface area contributed by atoms with Gasteiger partial charge in [0, 0.05) is 29.6 Å². The Balaban J connectivity index is 1.19. The summed E-state index contributed by atoms with van der Waals surface area (Å²) < 4.78 is 45.8. The molecular weight excluding hydrogens is 491 g/mol. The lowest BCUT2D eigenvalue weighted by molar-refractivity contribution is -0.137. The van der Waals surface area contributed by atoms with Gasteiger partial charge in [0.2, 0.25) is 0 Å². The summed E-state index contributed by atoms with van der Waals surface area (Å²) in [6, 6.07) is 14.2. The minimum absolute atomic E-state index is 0.290. The highest BCUT2D eigenvalue weighted by atomic mass is 32.2. The van der Waals surface area contributed by atoms with Crippen LogP contribution in [0.5, 0.6) is 5.75 Å². The predicted octanol–water partition coefficient (Wildman–Crippen LogP) is 5.21. The standard InChI is InChI=1S/C25H24F3N5O2S/c1-35-22-11-16(10-17-12-30-32-24(17)22)15-2-5-19(6-3-15)36-33-9-8-20(21(34)14-33)31-23-7-4-18(13-29-23)25(26,27)28/h2-7,10-13,20-21,34H,8-9,14H2,1H3,(H,29,31)(H,30,32). The second kappa shape index (κ2) is 10.00. The van der Waals surface area contributed by atoms with Gasteiger partial charge in [-0.3, -0.25) is 5.10 Å². The maximum absolute atomic E-state index is 12.7. The number of alkyl halides is 3. The Hall–Kier alpha value is -3.28. The summed E-state index contributed by atoms with van der Waals surface area (Å²) in [7, 11) is 1.63. The zero-order chi connectivity index (χ0) is 25.3. The molecule has 1 fully saturated rings. The summed E-state index contributed by atoms with van der Waals surface area (Å²) in [5, 5.41) is 21.7. The third-order valence-corrected chi connectivity index (χ3v) is 7.20. The first kappa shape index (κ1) is 24.4. The first-order valence-corrected chi connectivity index (χ1v) is 12.1. The van der Waals surface area contributed by atoms with Gasteiger partial charge in [-0.2, -0.15) is 18.3 Å². The topological polar surface area (TPSA) is 86.3 Å². The number of rotatable bonds is 6. The van der Waals surface area contributed by atoms with E-state index >= 15 is 0 Å². The van der Waals surface area contributed by atoms with Crippen LogP contribution in [0.15, 0.2) is 65.8 Å². The molecular formula is C25H24F3N5O2S. The number of fused-ring (bicyclic) bond motifs is 1. The van der Waals surface area contributed by atoms with E-state index in [0.29, 0.717) is 25.3 Å².